The predicted octanol–water partition coefficient (Wildman–Crippen LogP) is 2.01. The van der Waals surface area contributed by atoms with Gasteiger partial charge in [0.2, 0.25) is 0 Å². The lowest BCUT2D eigenvalue weighted by molar-refractivity contribution is 0.0288. The largest absolute Gasteiger partial charge is 0.497 e. The summed E-state index contributed by atoms with van der Waals surface area (Å²) < 4.78 is 9.93. The van der Waals surface area contributed by atoms with Crippen molar-refractivity contribution in [2.75, 3.05) is 12.4 Å². The van der Waals surface area contributed by atoms with E-state index in [1.807, 2.05) is 0 Å². The summed E-state index contributed by atoms with van der Waals surface area (Å²) in [7, 11) is 1.57. The summed E-state index contributed by atoms with van der Waals surface area (Å²) in [6.07, 6.45) is -1.84. The number of carbonyl (C=O) groups excluding carboxylic acids is 1. The molecule has 1 rings (SSSR count). The summed E-state index contributed by atoms with van der Waals surface area (Å²) in [5.74, 6) is 0.710. The third-order valence-corrected chi connectivity index (χ3v) is 2.31. The molecule has 0 fully saturated rings. The highest BCUT2D eigenvalue weighted by molar-refractivity contribution is 5.84. The quantitative estimate of drug-likeness (QED) is 0.843. The second-order valence-electron chi connectivity index (χ2n) is 3.70. The van der Waals surface area contributed by atoms with Crippen molar-refractivity contribution in [3.8, 4) is 5.75 Å². The fourth-order valence-corrected chi connectivity index (χ4v) is 1.09. The third-order valence-electron chi connectivity index (χ3n) is 2.31. The Balaban J connectivity index is 2.50. The molecule has 0 saturated heterocycles. The lowest BCUT2D eigenvalue weighted by atomic mass is 10.3. The topological polar surface area (TPSA) is 67.8 Å². The third kappa shape index (κ3) is 4.32. The van der Waals surface area contributed by atoms with Crippen molar-refractivity contribution >= 4 is 11.8 Å². The average molecular weight is 239 g/mol. The SMILES string of the molecule is COc1ccc(NC(=O)O[C@@H](C)[C@@H](C)O)cc1. The van der Waals surface area contributed by atoms with Crippen LogP contribution in [0.4, 0.5) is 10.5 Å². The van der Waals surface area contributed by atoms with Gasteiger partial charge in [-0.3, -0.25) is 5.32 Å². The second kappa shape index (κ2) is 6.10. The van der Waals surface area contributed by atoms with Crippen LogP contribution in [-0.2, 0) is 4.74 Å². The molecule has 0 spiro atoms. The second-order valence-corrected chi connectivity index (χ2v) is 3.70. The van der Waals surface area contributed by atoms with E-state index in [2.05, 4.69) is 5.32 Å². The molecule has 5 heteroatoms. The number of ether oxygens (including phenoxy) is 2. The van der Waals surface area contributed by atoms with Crippen molar-refractivity contribution in [1.29, 1.82) is 0 Å². The minimum Gasteiger partial charge on any atom is -0.497 e. The van der Waals surface area contributed by atoms with Gasteiger partial charge in [0.15, 0.2) is 0 Å². The number of methoxy groups -OCH3 is 1. The van der Waals surface area contributed by atoms with Gasteiger partial charge in [-0.2, -0.15) is 0 Å². The van der Waals surface area contributed by atoms with Gasteiger partial charge in [-0.25, -0.2) is 4.79 Å². The number of hydrogen-bond donors (Lipinski definition) is 2. The van der Waals surface area contributed by atoms with Crippen molar-refractivity contribution in [2.45, 2.75) is 26.1 Å². The lowest BCUT2D eigenvalue weighted by Gasteiger charge is -2.16. The van der Waals surface area contributed by atoms with Crippen LogP contribution in [0.1, 0.15) is 13.8 Å². The van der Waals surface area contributed by atoms with Crippen molar-refractivity contribution in [2.24, 2.45) is 0 Å². The number of hydrogen-bond acceptors (Lipinski definition) is 4. The number of carbonyl (C=O) groups is 1. The Morgan fingerprint density at radius 2 is 1.88 bits per heavy atom. The highest BCUT2D eigenvalue weighted by atomic mass is 16.6. The van der Waals surface area contributed by atoms with Gasteiger partial charge in [0.1, 0.15) is 11.9 Å². The van der Waals surface area contributed by atoms with Crippen LogP contribution in [0.3, 0.4) is 0 Å². The van der Waals surface area contributed by atoms with Crippen LogP contribution in [0.2, 0.25) is 0 Å². The Hall–Kier alpha value is -1.75. The lowest BCUT2D eigenvalue weighted by Crippen LogP contribution is -2.28. The van der Waals surface area contributed by atoms with Crippen molar-refractivity contribution in [3.05, 3.63) is 24.3 Å². The van der Waals surface area contributed by atoms with E-state index in [9.17, 15) is 9.90 Å². The zero-order chi connectivity index (χ0) is 12.8. The van der Waals surface area contributed by atoms with E-state index in [-0.39, 0.29) is 0 Å². The molecule has 2 N–H and O–H groups in total. The summed E-state index contributed by atoms with van der Waals surface area (Å²) in [6, 6.07) is 6.86. The first-order valence-electron chi connectivity index (χ1n) is 5.32. The normalized spacial score (nSPS) is 13.6. The fourth-order valence-electron chi connectivity index (χ4n) is 1.09. The van der Waals surface area contributed by atoms with Crippen molar-refractivity contribution in [1.82, 2.24) is 0 Å². The average Bonchev–Trinajstić information content (AvgIpc) is 2.29. The van der Waals surface area contributed by atoms with E-state index in [4.69, 9.17) is 9.47 Å². The first-order chi connectivity index (χ1) is 8.02. The number of benzene rings is 1. The van der Waals surface area contributed by atoms with Gasteiger partial charge in [0.25, 0.3) is 0 Å². The van der Waals surface area contributed by atoms with Crippen LogP contribution in [0.15, 0.2) is 24.3 Å². The number of anilines is 1. The van der Waals surface area contributed by atoms with Crippen molar-refractivity contribution in [3.63, 3.8) is 0 Å². The maximum absolute atomic E-state index is 11.4. The zero-order valence-electron chi connectivity index (χ0n) is 10.1. The Labute approximate surface area is 100 Å². The first-order valence-corrected chi connectivity index (χ1v) is 5.32. The number of amides is 1. The Bertz CT molecular complexity index is 361. The van der Waals surface area contributed by atoms with Gasteiger partial charge in [-0.1, -0.05) is 0 Å². The molecule has 0 aromatic heterocycles. The summed E-state index contributed by atoms with van der Waals surface area (Å²) >= 11 is 0. The molecule has 0 aliphatic heterocycles. The maximum atomic E-state index is 11.4. The Morgan fingerprint density at radius 3 is 2.35 bits per heavy atom. The molecule has 0 heterocycles. The number of aliphatic hydroxyl groups is 1. The molecule has 0 aliphatic rings. The monoisotopic (exact) mass is 239 g/mol. The Morgan fingerprint density at radius 1 is 1.29 bits per heavy atom. The van der Waals surface area contributed by atoms with Crippen LogP contribution in [0.25, 0.3) is 0 Å². The van der Waals surface area contributed by atoms with Crippen LogP contribution in [-0.4, -0.2) is 30.5 Å². The maximum Gasteiger partial charge on any atom is 0.411 e. The van der Waals surface area contributed by atoms with E-state index >= 15 is 0 Å². The van der Waals surface area contributed by atoms with Gasteiger partial charge >= 0.3 is 6.09 Å². The van der Waals surface area contributed by atoms with E-state index < -0.39 is 18.3 Å². The van der Waals surface area contributed by atoms with Crippen LogP contribution in [0.5, 0.6) is 5.75 Å². The molecule has 1 aromatic rings. The molecular weight excluding hydrogens is 222 g/mol. The molecule has 17 heavy (non-hydrogen) atoms. The molecule has 1 aromatic carbocycles. The van der Waals surface area contributed by atoms with E-state index in [1.165, 1.54) is 0 Å². The number of aliphatic hydroxyl groups excluding tert-OH is 1. The van der Waals surface area contributed by atoms with Crippen LogP contribution in [0, 0.1) is 0 Å². The Kier molecular flexibility index (Phi) is 4.78. The van der Waals surface area contributed by atoms with Crippen LogP contribution < -0.4 is 10.1 Å². The minimum atomic E-state index is -0.698. The molecule has 0 saturated carbocycles. The summed E-state index contributed by atoms with van der Waals surface area (Å²) in [5, 5.41) is 11.7. The smallest absolute Gasteiger partial charge is 0.411 e. The first kappa shape index (κ1) is 13.3. The van der Waals surface area contributed by atoms with Gasteiger partial charge < -0.3 is 14.6 Å². The molecule has 0 aliphatic carbocycles. The van der Waals surface area contributed by atoms with E-state index in [0.29, 0.717) is 11.4 Å². The van der Waals surface area contributed by atoms with Gasteiger partial charge in [0.05, 0.1) is 13.2 Å². The molecule has 94 valence electrons. The molecule has 2 atom stereocenters. The highest BCUT2D eigenvalue weighted by Crippen LogP contribution is 2.15. The molecule has 5 nitrogen and oxygen atoms in total. The number of rotatable bonds is 4. The predicted molar refractivity (Wildman–Crippen MR) is 64.2 cm³/mol. The molecule has 0 unspecified atom stereocenters. The standard InChI is InChI=1S/C12H17NO4/c1-8(14)9(2)17-12(15)13-10-4-6-11(16-3)7-5-10/h4-9,14H,1-3H3,(H,13,15)/t8-,9+/m1/s1. The van der Waals surface area contributed by atoms with Gasteiger partial charge in [-0.05, 0) is 38.1 Å². The molecule has 0 bridgehead atoms. The highest BCUT2D eigenvalue weighted by Gasteiger charge is 2.14. The summed E-state index contributed by atoms with van der Waals surface area (Å²) in [6.45, 7) is 3.18. The van der Waals surface area contributed by atoms with E-state index in [0.717, 1.165) is 0 Å². The number of nitrogens with one attached hydrogen (secondary N) is 1. The van der Waals surface area contributed by atoms with Crippen molar-refractivity contribution < 1.29 is 19.4 Å². The molecule has 0 radical (unpaired) electrons. The minimum absolute atomic E-state index is 0.548. The summed E-state index contributed by atoms with van der Waals surface area (Å²) in [5.41, 5.74) is 0.605. The van der Waals surface area contributed by atoms with Gasteiger partial charge in [-0.15, -0.1) is 0 Å². The van der Waals surface area contributed by atoms with Gasteiger partial charge in [0, 0.05) is 5.69 Å². The fraction of sp³-hybridized carbons (Fsp3) is 0.417. The van der Waals surface area contributed by atoms with E-state index in [1.54, 1.807) is 45.2 Å². The zero-order valence-corrected chi connectivity index (χ0v) is 10.1. The molecular formula is C12H17NO4. The van der Waals surface area contributed by atoms with Crippen LogP contribution >= 0.6 is 0 Å². The molecule has 1 amide bonds. The summed E-state index contributed by atoms with van der Waals surface area (Å²) in [4.78, 5) is 11.4.